The summed E-state index contributed by atoms with van der Waals surface area (Å²) in [5.41, 5.74) is 2.61. The summed E-state index contributed by atoms with van der Waals surface area (Å²) in [5, 5.41) is 4.62. The molecule has 0 saturated carbocycles. The van der Waals surface area contributed by atoms with Crippen molar-refractivity contribution in [3.63, 3.8) is 0 Å². The molecule has 2 aromatic heterocycles. The maximum atomic E-state index is 13.3. The number of nitrogens with zero attached hydrogens (tertiary/aromatic N) is 3. The molecule has 232 valence electrons. The number of hydrogen-bond acceptors (Lipinski definition) is 8. The second-order valence-electron chi connectivity index (χ2n) is 12.9. The molecule has 1 aliphatic rings. The first-order valence-electron chi connectivity index (χ1n) is 14.5. The van der Waals surface area contributed by atoms with Crippen molar-refractivity contribution in [2.45, 2.75) is 92.0 Å². The normalized spacial score (nSPS) is 13.6. The third-order valence-electron chi connectivity index (χ3n) is 6.65. The Bertz CT molecular complexity index is 1530. The van der Waals surface area contributed by atoms with E-state index in [1.54, 1.807) is 27.2 Å². The monoisotopic (exact) mass is 626 g/mol. The van der Waals surface area contributed by atoms with Crippen molar-refractivity contribution in [2.24, 2.45) is 0 Å². The lowest BCUT2D eigenvalue weighted by atomic mass is 10.0. The van der Waals surface area contributed by atoms with E-state index >= 15 is 0 Å². The van der Waals surface area contributed by atoms with E-state index < -0.39 is 17.3 Å². The van der Waals surface area contributed by atoms with Gasteiger partial charge in [0.1, 0.15) is 21.2 Å². The second-order valence-corrected chi connectivity index (χ2v) is 15.0. The lowest BCUT2D eigenvalue weighted by molar-refractivity contribution is -0.116. The zero-order chi connectivity index (χ0) is 31.7. The van der Waals surface area contributed by atoms with E-state index in [0.717, 1.165) is 36.8 Å². The molecular weight excluding hydrogens is 585 g/mol. The summed E-state index contributed by atoms with van der Waals surface area (Å²) in [6.07, 6.45) is 1.71. The van der Waals surface area contributed by atoms with Crippen molar-refractivity contribution in [1.29, 1.82) is 0 Å². The standard InChI is InChI=1S/C32H42N4O5S2/c1-10-20-11-12-23-22(17-20)33-27(42-23)26-21-13-15-35(29(38)40-31(4,5)6)18-24(21)43-28(26)34-25(37)14-16-36(19(2)3)30(39)41-32(7,8)9/h10-12,17,19H,1,13-16,18H2,2-9H3,(H,34,37). The Balaban J connectivity index is 1.62. The van der Waals surface area contributed by atoms with Gasteiger partial charge in [-0.15, -0.1) is 22.7 Å². The topological polar surface area (TPSA) is 101 Å². The molecule has 0 saturated heterocycles. The highest BCUT2D eigenvalue weighted by Gasteiger charge is 2.32. The third kappa shape index (κ3) is 8.14. The molecule has 1 aliphatic heterocycles. The quantitative estimate of drug-likeness (QED) is 0.286. The number of ether oxygens (including phenoxy) is 2. The molecule has 0 atom stereocenters. The Kier molecular flexibility index (Phi) is 9.56. The molecule has 1 N–H and O–H groups in total. The number of hydrogen-bond donors (Lipinski definition) is 1. The van der Waals surface area contributed by atoms with Gasteiger partial charge in [0.05, 0.1) is 16.8 Å². The molecule has 0 bridgehead atoms. The molecule has 0 radical (unpaired) electrons. The molecule has 0 spiro atoms. The van der Waals surface area contributed by atoms with Crippen LogP contribution < -0.4 is 5.32 Å². The Morgan fingerprint density at radius 1 is 1.12 bits per heavy atom. The van der Waals surface area contributed by atoms with Gasteiger partial charge in [0.25, 0.3) is 0 Å². The van der Waals surface area contributed by atoms with E-state index in [0.29, 0.717) is 24.5 Å². The highest BCUT2D eigenvalue weighted by Crippen LogP contribution is 2.46. The number of aromatic nitrogens is 1. The predicted molar refractivity (Wildman–Crippen MR) is 175 cm³/mol. The van der Waals surface area contributed by atoms with E-state index in [1.165, 1.54) is 11.3 Å². The van der Waals surface area contributed by atoms with Gasteiger partial charge in [0, 0.05) is 36.0 Å². The Morgan fingerprint density at radius 2 is 1.81 bits per heavy atom. The van der Waals surface area contributed by atoms with Crippen LogP contribution in [0.1, 0.15) is 77.8 Å². The van der Waals surface area contributed by atoms with Crippen molar-refractivity contribution in [3.05, 3.63) is 40.8 Å². The fourth-order valence-electron chi connectivity index (χ4n) is 4.67. The van der Waals surface area contributed by atoms with Crippen LogP contribution in [0.25, 0.3) is 26.9 Å². The summed E-state index contributed by atoms with van der Waals surface area (Å²) in [4.78, 5) is 48.2. The fourth-order valence-corrected chi connectivity index (χ4v) is 7.04. The highest BCUT2D eigenvalue weighted by atomic mass is 32.1. The van der Waals surface area contributed by atoms with Gasteiger partial charge in [-0.05, 0) is 85.1 Å². The van der Waals surface area contributed by atoms with Crippen molar-refractivity contribution in [3.8, 4) is 10.6 Å². The Labute approximate surface area is 261 Å². The van der Waals surface area contributed by atoms with Gasteiger partial charge in [-0.1, -0.05) is 18.7 Å². The average molecular weight is 627 g/mol. The fraction of sp³-hybridized carbons (Fsp3) is 0.500. The van der Waals surface area contributed by atoms with Gasteiger partial charge in [0.15, 0.2) is 0 Å². The maximum Gasteiger partial charge on any atom is 0.410 e. The molecule has 43 heavy (non-hydrogen) atoms. The predicted octanol–water partition coefficient (Wildman–Crippen LogP) is 7.94. The molecule has 0 aliphatic carbocycles. The minimum absolute atomic E-state index is 0.103. The lowest BCUT2D eigenvalue weighted by Crippen LogP contribution is -2.42. The van der Waals surface area contributed by atoms with Crippen LogP contribution in [0.15, 0.2) is 24.8 Å². The minimum Gasteiger partial charge on any atom is -0.444 e. The molecule has 3 heterocycles. The maximum absolute atomic E-state index is 13.3. The van der Waals surface area contributed by atoms with Crippen LogP contribution in [0.5, 0.6) is 0 Å². The van der Waals surface area contributed by atoms with Gasteiger partial charge in [-0.2, -0.15) is 0 Å². The summed E-state index contributed by atoms with van der Waals surface area (Å²) in [5.74, 6) is -0.215. The van der Waals surface area contributed by atoms with Gasteiger partial charge in [0.2, 0.25) is 5.91 Å². The SMILES string of the molecule is C=Cc1ccc2sc(-c3c(NC(=O)CCN(C(=O)OC(C)(C)C)C(C)C)sc4c3CCN(C(=O)OC(C)(C)C)C4)nc2c1. The first-order chi connectivity index (χ1) is 20.0. The molecule has 0 unspecified atom stereocenters. The molecule has 3 amide bonds. The first kappa shape index (κ1) is 32.5. The van der Waals surface area contributed by atoms with E-state index in [-0.39, 0.29) is 31.0 Å². The van der Waals surface area contributed by atoms with Crippen LogP contribution in [-0.4, -0.2) is 63.2 Å². The highest BCUT2D eigenvalue weighted by molar-refractivity contribution is 7.23. The zero-order valence-corrected chi connectivity index (χ0v) is 28.0. The Hall–Kier alpha value is -3.44. The summed E-state index contributed by atoms with van der Waals surface area (Å²) >= 11 is 3.03. The number of amides is 3. The van der Waals surface area contributed by atoms with E-state index in [2.05, 4.69) is 11.9 Å². The van der Waals surface area contributed by atoms with Crippen LogP contribution in [0.4, 0.5) is 14.6 Å². The van der Waals surface area contributed by atoms with Crippen LogP contribution in [0, 0.1) is 0 Å². The molecule has 9 nitrogen and oxygen atoms in total. The second kappa shape index (κ2) is 12.7. The van der Waals surface area contributed by atoms with E-state index in [4.69, 9.17) is 14.5 Å². The summed E-state index contributed by atoms with van der Waals surface area (Å²) < 4.78 is 12.2. The summed E-state index contributed by atoms with van der Waals surface area (Å²) in [6, 6.07) is 5.91. The molecule has 0 fully saturated rings. The first-order valence-corrected chi connectivity index (χ1v) is 16.1. The van der Waals surface area contributed by atoms with Crippen LogP contribution in [-0.2, 0) is 27.2 Å². The van der Waals surface area contributed by atoms with Crippen molar-refractivity contribution < 1.29 is 23.9 Å². The molecule has 3 aromatic rings. The number of thiophene rings is 1. The molecule has 1 aromatic carbocycles. The largest absolute Gasteiger partial charge is 0.444 e. The van der Waals surface area contributed by atoms with Crippen LogP contribution in [0.3, 0.4) is 0 Å². The lowest BCUT2D eigenvalue weighted by Gasteiger charge is -2.30. The summed E-state index contributed by atoms with van der Waals surface area (Å²) in [7, 11) is 0. The smallest absolute Gasteiger partial charge is 0.410 e. The van der Waals surface area contributed by atoms with Crippen LogP contribution in [0.2, 0.25) is 0 Å². The van der Waals surface area contributed by atoms with Gasteiger partial charge in [-0.3, -0.25) is 4.79 Å². The number of benzene rings is 1. The average Bonchev–Trinajstić information content (AvgIpc) is 3.45. The molecule has 4 rings (SSSR count). The number of nitrogens with one attached hydrogen (secondary N) is 1. The van der Waals surface area contributed by atoms with Crippen molar-refractivity contribution in [1.82, 2.24) is 14.8 Å². The van der Waals surface area contributed by atoms with Gasteiger partial charge >= 0.3 is 12.2 Å². The zero-order valence-electron chi connectivity index (χ0n) is 26.3. The molecule has 11 heteroatoms. The Morgan fingerprint density at radius 3 is 2.44 bits per heavy atom. The number of carbonyl (C=O) groups excluding carboxylic acids is 3. The van der Waals surface area contributed by atoms with Crippen molar-refractivity contribution in [2.75, 3.05) is 18.4 Å². The number of carbonyl (C=O) groups is 3. The number of thiazole rings is 1. The van der Waals surface area contributed by atoms with Crippen molar-refractivity contribution >= 4 is 62.1 Å². The number of rotatable bonds is 7. The van der Waals surface area contributed by atoms with E-state index in [9.17, 15) is 14.4 Å². The number of anilines is 1. The third-order valence-corrected chi connectivity index (χ3v) is 8.84. The summed E-state index contributed by atoms with van der Waals surface area (Å²) in [6.45, 7) is 19.8. The van der Waals surface area contributed by atoms with Gasteiger partial charge < -0.3 is 24.6 Å². The minimum atomic E-state index is -0.631. The number of fused-ring (bicyclic) bond motifs is 2. The molecular formula is C32H42N4O5S2. The van der Waals surface area contributed by atoms with Crippen LogP contribution >= 0.6 is 22.7 Å². The van der Waals surface area contributed by atoms with Gasteiger partial charge in [-0.25, -0.2) is 14.6 Å². The van der Waals surface area contributed by atoms with E-state index in [1.807, 2.05) is 73.6 Å².